The molecular formula is C31H53N5O7. The largest absolute Gasteiger partial charge is 0.452 e. The number of amides is 5. The van der Waals surface area contributed by atoms with Crippen LogP contribution in [-0.4, -0.2) is 108 Å². The maximum Gasteiger partial charge on any atom is 0.308 e. The maximum atomic E-state index is 14.0. The molecule has 5 amide bonds. The first kappa shape index (κ1) is 36.0. The fourth-order valence-electron chi connectivity index (χ4n) is 5.70. The molecule has 0 aromatic heterocycles. The van der Waals surface area contributed by atoms with Crippen molar-refractivity contribution in [2.24, 2.45) is 17.8 Å². The normalized spacial score (nSPS) is 28.5. The molecule has 6 atom stereocenters. The van der Waals surface area contributed by atoms with E-state index in [1.807, 2.05) is 41.5 Å². The van der Waals surface area contributed by atoms with Gasteiger partial charge in [0.1, 0.15) is 24.2 Å². The van der Waals surface area contributed by atoms with Crippen LogP contribution in [0.15, 0.2) is 0 Å². The smallest absolute Gasteiger partial charge is 0.308 e. The molecule has 43 heavy (non-hydrogen) atoms. The fraction of sp³-hybridized carbons (Fsp3) is 0.806. The van der Waals surface area contributed by atoms with Gasteiger partial charge in [0.2, 0.25) is 23.6 Å². The van der Waals surface area contributed by atoms with E-state index in [1.54, 1.807) is 14.0 Å². The highest BCUT2D eigenvalue weighted by molar-refractivity contribution is 5.96. The van der Waals surface area contributed by atoms with E-state index in [0.29, 0.717) is 25.8 Å². The molecule has 0 unspecified atom stereocenters. The number of piperidine rings is 1. The Morgan fingerprint density at radius 1 is 0.884 bits per heavy atom. The van der Waals surface area contributed by atoms with Crippen LogP contribution < -0.4 is 10.6 Å². The Kier molecular flexibility index (Phi) is 13.4. The topological polar surface area (TPSA) is 145 Å². The molecule has 0 aromatic rings. The number of fused-ring (bicyclic) bond motifs is 1. The summed E-state index contributed by atoms with van der Waals surface area (Å²) in [7, 11) is 3.05. The molecule has 0 aromatic carbocycles. The zero-order chi connectivity index (χ0) is 32.6. The van der Waals surface area contributed by atoms with Crippen LogP contribution in [0.25, 0.3) is 0 Å². The van der Waals surface area contributed by atoms with Gasteiger partial charge in [-0.3, -0.25) is 28.8 Å². The quantitative estimate of drug-likeness (QED) is 0.453. The first-order valence-electron chi connectivity index (χ1n) is 15.7. The van der Waals surface area contributed by atoms with Crippen LogP contribution in [0.2, 0.25) is 0 Å². The standard InChI is InChI=1S/C31H53N5O7/c1-10-20(6)25-30(41)35(9)26(19(4)5)31(42)34(8)21(7)27(38)32-15-14-24(37)43-23(17-18(2)3)29(40)36-16-12-11-13-22(36)28(39)33-25/h18-23,25-26H,10-17H2,1-9H3,(H,32,38)(H,33,39)/t20-,21-,22-,23+,25-,26-/m0/s1. The summed E-state index contributed by atoms with van der Waals surface area (Å²) in [6, 6.07) is -3.53. The van der Waals surface area contributed by atoms with Gasteiger partial charge in [0.15, 0.2) is 6.10 Å². The van der Waals surface area contributed by atoms with E-state index in [9.17, 15) is 28.8 Å². The monoisotopic (exact) mass is 607 g/mol. The third kappa shape index (κ3) is 9.15. The average molecular weight is 608 g/mol. The number of rotatable bonds is 5. The summed E-state index contributed by atoms with van der Waals surface area (Å²) in [4.78, 5) is 85.2. The number of hydrogen-bond donors (Lipinski definition) is 2. The number of esters is 1. The lowest BCUT2D eigenvalue weighted by molar-refractivity contribution is -0.164. The number of hydrogen-bond acceptors (Lipinski definition) is 7. The van der Waals surface area contributed by atoms with Crippen LogP contribution in [0.4, 0.5) is 0 Å². The van der Waals surface area contributed by atoms with Crippen molar-refractivity contribution in [3.63, 3.8) is 0 Å². The van der Waals surface area contributed by atoms with E-state index < -0.39 is 65.8 Å². The van der Waals surface area contributed by atoms with E-state index in [0.717, 1.165) is 6.42 Å². The van der Waals surface area contributed by atoms with Crippen LogP contribution in [0, 0.1) is 17.8 Å². The molecule has 2 fully saturated rings. The molecule has 0 bridgehead atoms. The molecule has 244 valence electrons. The molecule has 12 heteroatoms. The van der Waals surface area contributed by atoms with Crippen molar-refractivity contribution in [1.29, 1.82) is 0 Å². The molecule has 2 aliphatic heterocycles. The summed E-state index contributed by atoms with van der Waals surface area (Å²) in [5, 5.41) is 5.60. The number of nitrogens with zero attached hydrogens (tertiary/aromatic N) is 3. The molecule has 0 spiro atoms. The predicted molar refractivity (Wildman–Crippen MR) is 161 cm³/mol. The summed E-state index contributed by atoms with van der Waals surface area (Å²) < 4.78 is 5.63. The van der Waals surface area contributed by atoms with Crippen LogP contribution in [0.5, 0.6) is 0 Å². The zero-order valence-corrected chi connectivity index (χ0v) is 27.5. The minimum atomic E-state index is -1.08. The molecule has 0 saturated carbocycles. The Labute approximate surface area is 256 Å². The summed E-state index contributed by atoms with van der Waals surface area (Å²) in [5.41, 5.74) is 0. The van der Waals surface area contributed by atoms with Gasteiger partial charge in [0.25, 0.3) is 5.91 Å². The lowest BCUT2D eigenvalue weighted by Gasteiger charge is -2.39. The van der Waals surface area contributed by atoms with Crippen molar-refractivity contribution >= 4 is 35.5 Å². The van der Waals surface area contributed by atoms with Crippen molar-refractivity contribution < 1.29 is 33.5 Å². The van der Waals surface area contributed by atoms with Gasteiger partial charge < -0.3 is 30.1 Å². The highest BCUT2D eigenvalue weighted by Crippen LogP contribution is 2.24. The second kappa shape index (κ2) is 16.0. The van der Waals surface area contributed by atoms with Gasteiger partial charge in [-0.1, -0.05) is 48.0 Å². The zero-order valence-electron chi connectivity index (χ0n) is 27.5. The van der Waals surface area contributed by atoms with Crippen LogP contribution in [0.1, 0.15) is 87.0 Å². The van der Waals surface area contributed by atoms with Crippen molar-refractivity contribution in [2.45, 2.75) is 117 Å². The Balaban J connectivity index is 2.57. The molecule has 2 heterocycles. The molecule has 12 nitrogen and oxygen atoms in total. The molecule has 0 radical (unpaired) electrons. The minimum absolute atomic E-state index is 0.0332. The van der Waals surface area contributed by atoms with Gasteiger partial charge in [0, 0.05) is 27.2 Å². The lowest BCUT2D eigenvalue weighted by atomic mass is 9.93. The number of cyclic esters (lactones) is 1. The van der Waals surface area contributed by atoms with Gasteiger partial charge in [-0.15, -0.1) is 0 Å². The van der Waals surface area contributed by atoms with E-state index in [4.69, 9.17) is 4.74 Å². The average Bonchev–Trinajstić information content (AvgIpc) is 2.96. The summed E-state index contributed by atoms with van der Waals surface area (Å²) >= 11 is 0. The first-order valence-corrected chi connectivity index (χ1v) is 15.7. The minimum Gasteiger partial charge on any atom is -0.452 e. The fourth-order valence-corrected chi connectivity index (χ4v) is 5.70. The highest BCUT2D eigenvalue weighted by Gasteiger charge is 2.42. The Bertz CT molecular complexity index is 1030. The van der Waals surface area contributed by atoms with Crippen LogP contribution >= 0.6 is 0 Å². The predicted octanol–water partition coefficient (Wildman–Crippen LogP) is 1.71. The van der Waals surface area contributed by atoms with Crippen LogP contribution in [-0.2, 0) is 33.5 Å². The van der Waals surface area contributed by atoms with Crippen molar-refractivity contribution in [3.8, 4) is 0 Å². The maximum absolute atomic E-state index is 14.0. The molecule has 2 saturated heterocycles. The van der Waals surface area contributed by atoms with Gasteiger partial charge in [-0.05, 0) is 50.4 Å². The van der Waals surface area contributed by atoms with Crippen molar-refractivity contribution in [2.75, 3.05) is 27.2 Å². The first-order chi connectivity index (χ1) is 20.1. The van der Waals surface area contributed by atoms with Crippen molar-refractivity contribution in [3.05, 3.63) is 0 Å². The number of carbonyl (C=O) groups excluding carboxylic acids is 6. The SMILES string of the molecule is CC[C@H](C)[C@@H]1NC(=O)[C@@H]2CCCCN2C(=O)[C@@H](CC(C)C)OC(=O)CCNC(=O)[C@H](C)N(C)C(=O)[C@H](C(C)C)N(C)C1=O. The highest BCUT2D eigenvalue weighted by atomic mass is 16.5. The summed E-state index contributed by atoms with van der Waals surface area (Å²) in [5.74, 6) is -3.34. The number of nitrogens with one attached hydrogen (secondary N) is 2. The molecule has 0 aliphatic carbocycles. The molecule has 2 N–H and O–H groups in total. The Morgan fingerprint density at radius 3 is 2.12 bits per heavy atom. The van der Waals surface area contributed by atoms with Gasteiger partial charge in [0.05, 0.1) is 6.42 Å². The molecular weight excluding hydrogens is 554 g/mol. The van der Waals surface area contributed by atoms with Gasteiger partial charge in [-0.25, -0.2) is 0 Å². The van der Waals surface area contributed by atoms with Crippen molar-refractivity contribution in [1.82, 2.24) is 25.3 Å². The number of likely N-dealkylation sites (N-methyl/N-ethyl adjacent to an activating group) is 2. The van der Waals surface area contributed by atoms with E-state index in [-0.39, 0.29) is 37.1 Å². The van der Waals surface area contributed by atoms with E-state index >= 15 is 0 Å². The summed E-state index contributed by atoms with van der Waals surface area (Å²) in [6.07, 6.45) is 1.47. The van der Waals surface area contributed by atoms with E-state index in [1.165, 1.54) is 21.7 Å². The third-order valence-electron chi connectivity index (χ3n) is 8.69. The third-order valence-corrected chi connectivity index (χ3v) is 8.69. The molecule has 2 aliphatic rings. The Morgan fingerprint density at radius 2 is 1.53 bits per heavy atom. The summed E-state index contributed by atoms with van der Waals surface area (Å²) in [6.45, 7) is 13.1. The lowest BCUT2D eigenvalue weighted by Crippen LogP contribution is -2.61. The number of ether oxygens (including phenoxy) is 1. The Hall–Kier alpha value is -3.18. The van der Waals surface area contributed by atoms with Gasteiger partial charge >= 0.3 is 5.97 Å². The van der Waals surface area contributed by atoms with Crippen LogP contribution in [0.3, 0.4) is 0 Å². The second-order valence-corrected chi connectivity index (χ2v) is 12.8. The number of carbonyl (C=O) groups is 6. The molecule has 2 rings (SSSR count). The second-order valence-electron chi connectivity index (χ2n) is 12.8. The van der Waals surface area contributed by atoms with Gasteiger partial charge in [-0.2, -0.15) is 0 Å². The van der Waals surface area contributed by atoms with E-state index in [2.05, 4.69) is 10.6 Å².